The zero-order valence-electron chi connectivity index (χ0n) is 9.88. The van der Waals surface area contributed by atoms with Crippen molar-refractivity contribution in [2.24, 2.45) is 0 Å². The summed E-state index contributed by atoms with van der Waals surface area (Å²) in [5.41, 5.74) is 0. The van der Waals surface area contributed by atoms with Gasteiger partial charge in [-0.05, 0) is 13.5 Å². The van der Waals surface area contributed by atoms with Crippen molar-refractivity contribution >= 4 is 5.91 Å². The largest absolute Gasteiger partial charge is 0.337 e. The molecule has 1 saturated heterocycles. The number of nitrogens with zero attached hydrogens (tertiary/aromatic N) is 1. The molecular weight excluding hydrogens is 190 g/mol. The van der Waals surface area contributed by atoms with Crippen LogP contribution in [0, 0.1) is 0 Å². The minimum Gasteiger partial charge on any atom is -0.337 e. The highest BCUT2D eigenvalue weighted by Gasteiger charge is 2.24. The lowest BCUT2D eigenvalue weighted by atomic mass is 10.1. The van der Waals surface area contributed by atoms with Crippen LogP contribution in [-0.4, -0.2) is 50.1 Å². The molecule has 1 atom stereocenters. The van der Waals surface area contributed by atoms with Crippen molar-refractivity contribution < 1.29 is 4.79 Å². The van der Waals surface area contributed by atoms with Crippen molar-refractivity contribution in [1.29, 1.82) is 0 Å². The molecule has 1 fully saturated rings. The molecule has 1 unspecified atom stereocenters. The molecule has 1 aliphatic rings. The third-order valence-electron chi connectivity index (χ3n) is 2.88. The summed E-state index contributed by atoms with van der Waals surface area (Å²) >= 11 is 0. The summed E-state index contributed by atoms with van der Waals surface area (Å²) < 4.78 is 0. The molecule has 4 nitrogen and oxygen atoms in total. The molecule has 0 aromatic rings. The van der Waals surface area contributed by atoms with E-state index in [4.69, 9.17) is 0 Å². The zero-order valence-corrected chi connectivity index (χ0v) is 9.88. The van der Waals surface area contributed by atoms with Crippen molar-refractivity contribution in [3.8, 4) is 0 Å². The van der Waals surface area contributed by atoms with E-state index in [0.29, 0.717) is 18.4 Å². The second-order valence-corrected chi connectivity index (χ2v) is 4.09. The minimum absolute atomic E-state index is 0.296. The molecule has 1 heterocycles. The molecular formula is C11H23N3O. The zero-order chi connectivity index (χ0) is 11.1. The summed E-state index contributed by atoms with van der Waals surface area (Å²) in [7, 11) is 1.88. The maximum Gasteiger partial charge on any atom is 0.224 e. The fourth-order valence-corrected chi connectivity index (χ4v) is 2.06. The monoisotopic (exact) mass is 213 g/mol. The maximum atomic E-state index is 11.9. The van der Waals surface area contributed by atoms with Crippen LogP contribution in [0.4, 0.5) is 0 Å². The topological polar surface area (TPSA) is 44.4 Å². The van der Waals surface area contributed by atoms with Gasteiger partial charge in [-0.15, -0.1) is 0 Å². The molecule has 4 heteroatoms. The predicted molar refractivity (Wildman–Crippen MR) is 61.8 cm³/mol. The first kappa shape index (κ1) is 12.5. The van der Waals surface area contributed by atoms with E-state index in [9.17, 15) is 4.79 Å². The van der Waals surface area contributed by atoms with Gasteiger partial charge in [-0.3, -0.25) is 4.79 Å². The summed E-state index contributed by atoms with van der Waals surface area (Å²) in [4.78, 5) is 14.0. The van der Waals surface area contributed by atoms with Gasteiger partial charge in [0, 0.05) is 38.6 Å². The fourth-order valence-electron chi connectivity index (χ4n) is 2.06. The van der Waals surface area contributed by atoms with Crippen LogP contribution in [0.2, 0.25) is 0 Å². The molecule has 0 aliphatic carbocycles. The molecule has 15 heavy (non-hydrogen) atoms. The fraction of sp³-hybridized carbons (Fsp3) is 0.909. The van der Waals surface area contributed by atoms with Gasteiger partial charge in [-0.2, -0.15) is 0 Å². The van der Waals surface area contributed by atoms with Crippen LogP contribution in [0.1, 0.15) is 26.2 Å². The number of hydrogen-bond acceptors (Lipinski definition) is 3. The highest BCUT2D eigenvalue weighted by molar-refractivity contribution is 5.76. The summed E-state index contributed by atoms with van der Waals surface area (Å²) in [5.74, 6) is 0.296. The van der Waals surface area contributed by atoms with Crippen LogP contribution in [-0.2, 0) is 4.79 Å². The summed E-state index contributed by atoms with van der Waals surface area (Å²) in [6.07, 6.45) is 2.87. The second-order valence-electron chi connectivity index (χ2n) is 4.09. The van der Waals surface area contributed by atoms with Crippen molar-refractivity contribution in [2.75, 3.05) is 33.2 Å². The van der Waals surface area contributed by atoms with Gasteiger partial charge in [0.05, 0.1) is 0 Å². The van der Waals surface area contributed by atoms with E-state index in [1.165, 1.54) is 0 Å². The van der Waals surface area contributed by atoms with E-state index in [1.54, 1.807) is 0 Å². The number of piperazine rings is 1. The van der Waals surface area contributed by atoms with E-state index in [0.717, 1.165) is 39.0 Å². The Labute approximate surface area is 92.4 Å². The van der Waals surface area contributed by atoms with Gasteiger partial charge >= 0.3 is 0 Å². The Balaban J connectivity index is 2.43. The Morgan fingerprint density at radius 1 is 1.60 bits per heavy atom. The standard InChI is InChI=1S/C11H23N3O/c1-3-4-10-9-13-7-8-14(10)11(15)5-6-12-2/h10,12-13H,3-9H2,1-2H3. The van der Waals surface area contributed by atoms with E-state index in [1.807, 2.05) is 7.05 Å². The SMILES string of the molecule is CCCC1CNCCN1C(=O)CCNC. The first-order valence-electron chi connectivity index (χ1n) is 5.94. The summed E-state index contributed by atoms with van der Waals surface area (Å²) in [5, 5.41) is 6.37. The lowest BCUT2D eigenvalue weighted by molar-refractivity contribution is -0.134. The van der Waals surface area contributed by atoms with Crippen LogP contribution in [0.5, 0.6) is 0 Å². The Hall–Kier alpha value is -0.610. The van der Waals surface area contributed by atoms with Crippen LogP contribution in [0.15, 0.2) is 0 Å². The normalized spacial score (nSPS) is 21.7. The van der Waals surface area contributed by atoms with Crippen molar-refractivity contribution in [2.45, 2.75) is 32.2 Å². The van der Waals surface area contributed by atoms with Gasteiger partial charge in [0.1, 0.15) is 0 Å². The van der Waals surface area contributed by atoms with Crippen LogP contribution >= 0.6 is 0 Å². The number of carbonyl (C=O) groups excluding carboxylic acids is 1. The van der Waals surface area contributed by atoms with Gasteiger partial charge < -0.3 is 15.5 Å². The Morgan fingerprint density at radius 2 is 2.40 bits per heavy atom. The van der Waals surface area contributed by atoms with Crippen molar-refractivity contribution in [3.05, 3.63) is 0 Å². The molecule has 0 radical (unpaired) electrons. The molecule has 0 spiro atoms. The Morgan fingerprint density at radius 3 is 3.07 bits per heavy atom. The van der Waals surface area contributed by atoms with Gasteiger partial charge in [0.25, 0.3) is 0 Å². The van der Waals surface area contributed by atoms with Crippen LogP contribution in [0.25, 0.3) is 0 Å². The molecule has 0 aromatic carbocycles. The third kappa shape index (κ3) is 3.80. The Bertz CT molecular complexity index is 194. The van der Waals surface area contributed by atoms with Gasteiger partial charge in [-0.25, -0.2) is 0 Å². The molecule has 88 valence electrons. The van der Waals surface area contributed by atoms with Gasteiger partial charge in [-0.1, -0.05) is 13.3 Å². The van der Waals surface area contributed by atoms with E-state index in [-0.39, 0.29) is 0 Å². The highest BCUT2D eigenvalue weighted by atomic mass is 16.2. The number of rotatable bonds is 5. The predicted octanol–water partition coefficient (Wildman–Crippen LogP) is 0.196. The van der Waals surface area contributed by atoms with Gasteiger partial charge in [0.2, 0.25) is 5.91 Å². The molecule has 1 rings (SSSR count). The first-order chi connectivity index (χ1) is 7.29. The number of carbonyl (C=O) groups is 1. The van der Waals surface area contributed by atoms with E-state index < -0.39 is 0 Å². The summed E-state index contributed by atoms with van der Waals surface area (Å²) in [6, 6.07) is 0.410. The molecule has 1 amide bonds. The average molecular weight is 213 g/mol. The minimum atomic E-state index is 0.296. The van der Waals surface area contributed by atoms with Crippen LogP contribution < -0.4 is 10.6 Å². The lowest BCUT2D eigenvalue weighted by Gasteiger charge is -2.36. The lowest BCUT2D eigenvalue weighted by Crippen LogP contribution is -2.53. The highest BCUT2D eigenvalue weighted by Crippen LogP contribution is 2.10. The van der Waals surface area contributed by atoms with Crippen molar-refractivity contribution in [1.82, 2.24) is 15.5 Å². The number of nitrogens with one attached hydrogen (secondary N) is 2. The second kappa shape index (κ2) is 6.80. The first-order valence-corrected chi connectivity index (χ1v) is 5.94. The molecule has 0 aromatic heterocycles. The maximum absolute atomic E-state index is 11.9. The summed E-state index contributed by atoms with van der Waals surface area (Å²) in [6.45, 7) is 5.71. The smallest absolute Gasteiger partial charge is 0.224 e. The quantitative estimate of drug-likeness (QED) is 0.685. The van der Waals surface area contributed by atoms with Gasteiger partial charge in [0.15, 0.2) is 0 Å². The molecule has 2 N–H and O–H groups in total. The van der Waals surface area contributed by atoms with E-state index in [2.05, 4.69) is 22.5 Å². The van der Waals surface area contributed by atoms with Crippen LogP contribution in [0.3, 0.4) is 0 Å². The van der Waals surface area contributed by atoms with Crippen molar-refractivity contribution in [3.63, 3.8) is 0 Å². The number of amides is 1. The Kier molecular flexibility index (Phi) is 5.65. The molecule has 1 aliphatic heterocycles. The average Bonchev–Trinajstić information content (AvgIpc) is 2.27. The molecule has 0 bridgehead atoms. The number of hydrogen-bond donors (Lipinski definition) is 2. The third-order valence-corrected chi connectivity index (χ3v) is 2.88. The molecule has 0 saturated carbocycles. The van der Waals surface area contributed by atoms with E-state index >= 15 is 0 Å².